The molecule has 3 aromatic rings. The Morgan fingerprint density at radius 3 is 1.90 bits per heavy atom. The highest BCUT2D eigenvalue weighted by atomic mass is 35.5. The van der Waals surface area contributed by atoms with Crippen molar-refractivity contribution in [3.8, 4) is 0 Å². The monoisotopic (exact) mass is 409 g/mol. The van der Waals surface area contributed by atoms with Gasteiger partial charge < -0.3 is 9.84 Å². The Morgan fingerprint density at radius 2 is 1.41 bits per heavy atom. The number of carbonyl (C=O) groups is 1. The molecule has 0 heterocycles. The van der Waals surface area contributed by atoms with Crippen LogP contribution in [0.5, 0.6) is 0 Å². The maximum atomic E-state index is 12.8. The number of halogens is 1. The molecule has 0 amide bonds. The second-order valence-corrected chi connectivity index (χ2v) is 7.08. The minimum absolute atomic E-state index is 0.228. The van der Waals surface area contributed by atoms with Crippen molar-refractivity contribution in [1.29, 1.82) is 0 Å². The summed E-state index contributed by atoms with van der Waals surface area (Å²) in [5.74, 6) is -0.508. The molecule has 2 atom stereocenters. The Morgan fingerprint density at radius 1 is 0.897 bits per heavy atom. The van der Waals surface area contributed by atoms with Gasteiger partial charge >= 0.3 is 5.97 Å². The number of nitrogens with one attached hydrogen (secondary N) is 1. The van der Waals surface area contributed by atoms with Crippen LogP contribution in [0.2, 0.25) is 5.02 Å². The van der Waals surface area contributed by atoms with Gasteiger partial charge in [0, 0.05) is 5.02 Å². The van der Waals surface area contributed by atoms with Crippen LogP contribution < -0.4 is 5.32 Å². The van der Waals surface area contributed by atoms with Crippen LogP contribution in [0.1, 0.15) is 35.8 Å². The first-order chi connectivity index (χ1) is 14.1. The smallest absolute Gasteiger partial charge is 0.326 e. The van der Waals surface area contributed by atoms with Crippen molar-refractivity contribution in [2.24, 2.45) is 0 Å². The van der Waals surface area contributed by atoms with Gasteiger partial charge in [-0.1, -0.05) is 84.4 Å². The van der Waals surface area contributed by atoms with Crippen molar-refractivity contribution in [1.82, 2.24) is 5.32 Å². The maximum absolute atomic E-state index is 12.8. The highest BCUT2D eigenvalue weighted by Crippen LogP contribution is 2.27. The van der Waals surface area contributed by atoms with Crippen LogP contribution in [0.3, 0.4) is 0 Å². The summed E-state index contributed by atoms with van der Waals surface area (Å²) >= 11 is 5.96. The molecule has 0 bridgehead atoms. The molecule has 2 N–H and O–H groups in total. The summed E-state index contributed by atoms with van der Waals surface area (Å²) in [7, 11) is 0. The number of aliphatic hydroxyl groups excluding tert-OH is 1. The number of ether oxygens (including phenoxy) is 1. The van der Waals surface area contributed by atoms with E-state index >= 15 is 0 Å². The number of rotatable bonds is 8. The minimum Gasteiger partial charge on any atom is -0.465 e. The Labute approximate surface area is 176 Å². The fraction of sp³-hybridized carbons (Fsp3) is 0.208. The third-order valence-electron chi connectivity index (χ3n) is 4.68. The zero-order valence-electron chi connectivity index (χ0n) is 16.2. The molecular weight excluding hydrogens is 386 g/mol. The molecule has 3 aromatic carbocycles. The van der Waals surface area contributed by atoms with Gasteiger partial charge in [-0.25, -0.2) is 0 Å². The van der Waals surface area contributed by atoms with E-state index in [2.05, 4.69) is 5.32 Å². The molecule has 5 heteroatoms. The van der Waals surface area contributed by atoms with E-state index in [-0.39, 0.29) is 12.6 Å². The molecule has 150 valence electrons. The second kappa shape index (κ2) is 10.2. The Kier molecular flexibility index (Phi) is 7.42. The lowest BCUT2D eigenvalue weighted by molar-refractivity contribution is -0.149. The van der Waals surface area contributed by atoms with E-state index in [4.69, 9.17) is 16.3 Å². The van der Waals surface area contributed by atoms with E-state index in [1.54, 1.807) is 31.2 Å². The van der Waals surface area contributed by atoms with Gasteiger partial charge in [-0.3, -0.25) is 10.1 Å². The molecule has 0 fully saturated rings. The van der Waals surface area contributed by atoms with Crippen molar-refractivity contribution in [3.63, 3.8) is 0 Å². The van der Waals surface area contributed by atoms with E-state index in [0.717, 1.165) is 11.1 Å². The molecule has 29 heavy (non-hydrogen) atoms. The largest absolute Gasteiger partial charge is 0.465 e. The van der Waals surface area contributed by atoms with Crippen molar-refractivity contribution in [2.45, 2.75) is 25.1 Å². The van der Waals surface area contributed by atoms with Crippen molar-refractivity contribution in [3.05, 3.63) is 107 Å². The van der Waals surface area contributed by atoms with Gasteiger partial charge in [0.2, 0.25) is 0 Å². The van der Waals surface area contributed by atoms with Crippen LogP contribution in [0, 0.1) is 0 Å². The highest BCUT2D eigenvalue weighted by molar-refractivity contribution is 6.30. The number of benzene rings is 3. The van der Waals surface area contributed by atoms with Gasteiger partial charge in [-0.05, 0) is 35.7 Å². The molecule has 0 saturated carbocycles. The van der Waals surface area contributed by atoms with Crippen LogP contribution in [-0.2, 0) is 9.53 Å². The SMILES string of the molecule is CCOC(=O)[C@H](NC(c1ccccc1)c1ccccc1)[C@@H](O)c1ccc(Cl)cc1. The number of aliphatic hydroxyl groups is 1. The van der Waals surface area contributed by atoms with Gasteiger partial charge in [0.15, 0.2) is 0 Å². The van der Waals surface area contributed by atoms with E-state index in [0.29, 0.717) is 10.6 Å². The second-order valence-electron chi connectivity index (χ2n) is 6.65. The summed E-state index contributed by atoms with van der Waals surface area (Å²) in [6, 6.07) is 25.2. The van der Waals surface area contributed by atoms with Gasteiger partial charge in [0.25, 0.3) is 0 Å². The third-order valence-corrected chi connectivity index (χ3v) is 4.93. The molecule has 0 unspecified atom stereocenters. The fourth-order valence-corrected chi connectivity index (χ4v) is 3.35. The molecule has 0 aromatic heterocycles. The summed E-state index contributed by atoms with van der Waals surface area (Å²) in [6.07, 6.45) is -1.10. The Balaban J connectivity index is 1.97. The lowest BCUT2D eigenvalue weighted by Gasteiger charge is -2.29. The molecule has 4 nitrogen and oxygen atoms in total. The van der Waals surface area contributed by atoms with Crippen LogP contribution >= 0.6 is 11.6 Å². The average molecular weight is 410 g/mol. The number of esters is 1. The van der Waals surface area contributed by atoms with E-state index < -0.39 is 18.1 Å². The van der Waals surface area contributed by atoms with E-state index in [1.165, 1.54) is 0 Å². The third kappa shape index (κ3) is 5.45. The minimum atomic E-state index is -1.10. The summed E-state index contributed by atoms with van der Waals surface area (Å²) in [5, 5.41) is 14.9. The summed E-state index contributed by atoms with van der Waals surface area (Å²) in [4.78, 5) is 12.8. The first-order valence-electron chi connectivity index (χ1n) is 9.56. The lowest BCUT2D eigenvalue weighted by atomic mass is 9.95. The first kappa shape index (κ1) is 21.1. The van der Waals surface area contributed by atoms with Crippen LogP contribution in [0.15, 0.2) is 84.9 Å². The van der Waals surface area contributed by atoms with E-state index in [9.17, 15) is 9.90 Å². The molecule has 3 rings (SSSR count). The summed E-state index contributed by atoms with van der Waals surface area (Å²) in [6.45, 7) is 1.97. The van der Waals surface area contributed by atoms with Gasteiger partial charge in [-0.15, -0.1) is 0 Å². The molecule has 0 aliphatic carbocycles. The van der Waals surface area contributed by atoms with Gasteiger partial charge in [0.1, 0.15) is 12.1 Å². The number of hydrogen-bond donors (Lipinski definition) is 2. The van der Waals surface area contributed by atoms with Crippen LogP contribution in [0.25, 0.3) is 0 Å². The van der Waals surface area contributed by atoms with Gasteiger partial charge in [-0.2, -0.15) is 0 Å². The molecule has 0 spiro atoms. The van der Waals surface area contributed by atoms with Gasteiger partial charge in [0.05, 0.1) is 12.6 Å². The molecular formula is C24H24ClNO3. The standard InChI is InChI=1S/C24H24ClNO3/c1-2-29-24(28)22(23(27)19-13-15-20(25)16-14-19)26-21(17-9-5-3-6-10-17)18-11-7-4-8-12-18/h3-16,21-23,26-27H,2H2,1H3/t22-,23+/m1/s1. The lowest BCUT2D eigenvalue weighted by Crippen LogP contribution is -2.45. The number of hydrogen-bond acceptors (Lipinski definition) is 4. The van der Waals surface area contributed by atoms with E-state index in [1.807, 2.05) is 60.7 Å². The van der Waals surface area contributed by atoms with Crippen molar-refractivity contribution < 1.29 is 14.6 Å². The normalized spacial score (nSPS) is 13.1. The zero-order chi connectivity index (χ0) is 20.6. The van der Waals surface area contributed by atoms with Crippen LogP contribution in [0.4, 0.5) is 0 Å². The van der Waals surface area contributed by atoms with Crippen LogP contribution in [-0.4, -0.2) is 23.7 Å². The van der Waals surface area contributed by atoms with Crippen molar-refractivity contribution >= 4 is 17.6 Å². The highest BCUT2D eigenvalue weighted by Gasteiger charge is 2.32. The maximum Gasteiger partial charge on any atom is 0.326 e. The Hall–Kier alpha value is -2.66. The summed E-state index contributed by atoms with van der Waals surface area (Å²) < 4.78 is 5.26. The predicted molar refractivity (Wildman–Crippen MR) is 115 cm³/mol. The predicted octanol–water partition coefficient (Wildman–Crippen LogP) is 4.68. The average Bonchev–Trinajstić information content (AvgIpc) is 2.76. The quantitative estimate of drug-likeness (QED) is 0.530. The first-order valence-corrected chi connectivity index (χ1v) is 9.94. The Bertz CT molecular complexity index is 861. The molecule has 0 saturated heterocycles. The topological polar surface area (TPSA) is 58.6 Å². The molecule has 0 aliphatic rings. The fourth-order valence-electron chi connectivity index (χ4n) is 3.23. The zero-order valence-corrected chi connectivity index (χ0v) is 16.9. The molecule has 0 radical (unpaired) electrons. The number of carbonyl (C=O) groups excluding carboxylic acids is 1. The summed E-state index contributed by atoms with van der Waals surface area (Å²) in [5.41, 5.74) is 2.55. The van der Waals surface area contributed by atoms with Crippen molar-refractivity contribution in [2.75, 3.05) is 6.61 Å². The molecule has 0 aliphatic heterocycles.